The number of hydrogen-bond acceptors (Lipinski definition) is 6. The lowest BCUT2D eigenvalue weighted by Gasteiger charge is -2.54. The quantitative estimate of drug-likeness (QED) is 0.772. The van der Waals surface area contributed by atoms with Crippen molar-refractivity contribution >= 4 is 16.6 Å². The zero-order chi connectivity index (χ0) is 14.3. The zero-order valence-corrected chi connectivity index (χ0v) is 12.1. The van der Waals surface area contributed by atoms with Crippen LogP contribution in [-0.2, 0) is 6.54 Å². The van der Waals surface area contributed by atoms with Crippen molar-refractivity contribution in [3.63, 3.8) is 0 Å². The third-order valence-electron chi connectivity index (χ3n) is 4.05. The predicted octanol–water partition coefficient (Wildman–Crippen LogP) is 2.07. The Labute approximate surface area is 120 Å². The molecule has 0 saturated carbocycles. The van der Waals surface area contributed by atoms with Gasteiger partial charge in [0.15, 0.2) is 6.19 Å². The standard InChI is InChI=1S/C13H18N4O2S/c1-15-13-5-3-2-4-11(13)8-17(20(15,18)19)12-6-7-16(9-12)10-14/h2-5,12,18-19H,6-9H2,1H3. The summed E-state index contributed by atoms with van der Waals surface area (Å²) in [6, 6.07) is 7.75. The zero-order valence-electron chi connectivity index (χ0n) is 11.3. The molecule has 0 spiro atoms. The van der Waals surface area contributed by atoms with Crippen LogP contribution in [0.1, 0.15) is 12.0 Å². The van der Waals surface area contributed by atoms with Crippen LogP contribution < -0.4 is 4.31 Å². The highest BCUT2D eigenvalue weighted by atomic mass is 32.3. The lowest BCUT2D eigenvalue weighted by Crippen LogP contribution is -2.47. The van der Waals surface area contributed by atoms with E-state index in [2.05, 4.69) is 6.19 Å². The predicted molar refractivity (Wildman–Crippen MR) is 78.8 cm³/mol. The molecule has 1 saturated heterocycles. The molecule has 20 heavy (non-hydrogen) atoms. The Bertz CT molecular complexity index is 560. The largest absolute Gasteiger partial charge is 0.309 e. The molecule has 3 rings (SSSR count). The fourth-order valence-corrected chi connectivity index (χ4v) is 4.53. The fourth-order valence-electron chi connectivity index (χ4n) is 2.89. The van der Waals surface area contributed by atoms with Gasteiger partial charge in [0.05, 0.1) is 11.7 Å². The van der Waals surface area contributed by atoms with Gasteiger partial charge in [-0.2, -0.15) is 9.57 Å². The summed E-state index contributed by atoms with van der Waals surface area (Å²) in [4.78, 5) is 1.67. The Morgan fingerprint density at radius 2 is 2.10 bits per heavy atom. The topological polar surface area (TPSA) is 74.0 Å². The molecule has 1 atom stereocenters. The van der Waals surface area contributed by atoms with Crippen LogP contribution in [0.4, 0.5) is 5.69 Å². The monoisotopic (exact) mass is 294 g/mol. The number of likely N-dealkylation sites (tertiary alicyclic amines) is 1. The van der Waals surface area contributed by atoms with Gasteiger partial charge in [0, 0.05) is 26.7 Å². The lowest BCUT2D eigenvalue weighted by molar-refractivity contribution is 0.271. The van der Waals surface area contributed by atoms with E-state index in [4.69, 9.17) is 5.26 Å². The first kappa shape index (κ1) is 13.5. The summed E-state index contributed by atoms with van der Waals surface area (Å²) in [5.74, 6) is 0. The molecular weight excluding hydrogens is 276 g/mol. The molecule has 108 valence electrons. The molecule has 1 aromatic rings. The van der Waals surface area contributed by atoms with Crippen molar-refractivity contribution in [2.45, 2.75) is 19.0 Å². The van der Waals surface area contributed by atoms with E-state index in [1.165, 1.54) is 0 Å². The Morgan fingerprint density at radius 3 is 2.80 bits per heavy atom. The minimum atomic E-state index is -3.00. The summed E-state index contributed by atoms with van der Waals surface area (Å²) in [6.45, 7) is 1.74. The number of fused-ring (bicyclic) bond motifs is 1. The molecule has 6 nitrogen and oxygen atoms in total. The molecule has 2 heterocycles. The van der Waals surface area contributed by atoms with E-state index in [0.717, 1.165) is 17.7 Å². The number of nitriles is 1. The van der Waals surface area contributed by atoms with Gasteiger partial charge in [-0.1, -0.05) is 29.2 Å². The van der Waals surface area contributed by atoms with E-state index >= 15 is 0 Å². The van der Waals surface area contributed by atoms with E-state index in [1.807, 2.05) is 24.3 Å². The average Bonchev–Trinajstić information content (AvgIpc) is 2.91. The number of hydrogen-bond donors (Lipinski definition) is 2. The lowest BCUT2D eigenvalue weighted by atomic mass is 10.1. The first-order chi connectivity index (χ1) is 9.54. The van der Waals surface area contributed by atoms with Gasteiger partial charge >= 0.3 is 0 Å². The maximum Gasteiger partial charge on any atom is 0.179 e. The van der Waals surface area contributed by atoms with Crippen LogP contribution in [0.25, 0.3) is 0 Å². The van der Waals surface area contributed by atoms with Crippen LogP contribution >= 0.6 is 11.0 Å². The average molecular weight is 294 g/mol. The van der Waals surface area contributed by atoms with Crippen molar-refractivity contribution in [3.05, 3.63) is 29.8 Å². The highest BCUT2D eigenvalue weighted by Gasteiger charge is 2.41. The molecule has 0 aliphatic carbocycles. The van der Waals surface area contributed by atoms with Crippen LogP contribution in [0.5, 0.6) is 0 Å². The molecule has 2 aliphatic heterocycles. The van der Waals surface area contributed by atoms with Crippen molar-refractivity contribution in [1.82, 2.24) is 9.21 Å². The number of benzene rings is 1. The SMILES string of the molecule is CN1c2ccccc2CN(C2CCN(C#N)C2)S1(O)O. The fraction of sp³-hybridized carbons (Fsp3) is 0.462. The first-order valence-electron chi connectivity index (χ1n) is 6.55. The van der Waals surface area contributed by atoms with E-state index in [1.54, 1.807) is 20.6 Å². The molecule has 1 aromatic carbocycles. The minimum Gasteiger partial charge on any atom is -0.309 e. The summed E-state index contributed by atoms with van der Waals surface area (Å²) in [6.07, 6.45) is 2.91. The van der Waals surface area contributed by atoms with Gasteiger partial charge in [-0.15, -0.1) is 0 Å². The normalized spacial score (nSPS) is 27.0. The molecule has 0 radical (unpaired) electrons. The third-order valence-corrected chi connectivity index (χ3v) is 6.04. The van der Waals surface area contributed by atoms with Crippen molar-refractivity contribution in [1.29, 1.82) is 5.26 Å². The molecule has 1 unspecified atom stereocenters. The Hall–Kier alpha value is -1.46. The highest BCUT2D eigenvalue weighted by Crippen LogP contribution is 2.55. The number of nitrogens with zero attached hydrogens (tertiary/aromatic N) is 4. The third kappa shape index (κ3) is 2.01. The molecule has 0 amide bonds. The van der Waals surface area contributed by atoms with Crippen molar-refractivity contribution < 1.29 is 9.11 Å². The van der Waals surface area contributed by atoms with Gasteiger partial charge in [0.25, 0.3) is 0 Å². The van der Waals surface area contributed by atoms with Gasteiger partial charge in [0.2, 0.25) is 0 Å². The molecule has 2 aliphatic rings. The van der Waals surface area contributed by atoms with Gasteiger partial charge in [0.1, 0.15) is 0 Å². The summed E-state index contributed by atoms with van der Waals surface area (Å²) in [7, 11) is -1.29. The Kier molecular flexibility index (Phi) is 3.26. The number of rotatable bonds is 1. The van der Waals surface area contributed by atoms with Crippen LogP contribution in [0, 0.1) is 11.5 Å². The highest BCUT2D eigenvalue weighted by molar-refractivity contribution is 8.23. The molecule has 1 fully saturated rings. The summed E-state index contributed by atoms with van der Waals surface area (Å²) in [5, 5.41) is 8.95. The smallest absolute Gasteiger partial charge is 0.179 e. The second-order valence-electron chi connectivity index (χ2n) is 5.18. The van der Waals surface area contributed by atoms with Gasteiger partial charge in [-0.25, -0.2) is 0 Å². The van der Waals surface area contributed by atoms with Crippen LogP contribution in [-0.4, -0.2) is 44.5 Å². The second kappa shape index (κ2) is 4.82. The maximum atomic E-state index is 10.6. The van der Waals surface area contributed by atoms with Gasteiger partial charge in [-0.05, 0) is 18.1 Å². The van der Waals surface area contributed by atoms with E-state index in [9.17, 15) is 9.11 Å². The molecule has 0 aromatic heterocycles. The van der Waals surface area contributed by atoms with E-state index in [0.29, 0.717) is 19.6 Å². The van der Waals surface area contributed by atoms with Gasteiger partial charge in [-0.3, -0.25) is 13.4 Å². The first-order valence-corrected chi connectivity index (χ1v) is 8.01. The minimum absolute atomic E-state index is 0.00421. The van der Waals surface area contributed by atoms with Crippen molar-refractivity contribution in [3.8, 4) is 6.19 Å². The van der Waals surface area contributed by atoms with Crippen molar-refractivity contribution in [2.24, 2.45) is 0 Å². The molecule has 0 bridgehead atoms. The molecule has 2 N–H and O–H groups in total. The molecular formula is C13H18N4O2S. The summed E-state index contributed by atoms with van der Waals surface area (Å²) >= 11 is 0. The summed E-state index contributed by atoms with van der Waals surface area (Å²) in [5.41, 5.74) is 1.94. The maximum absolute atomic E-state index is 10.6. The van der Waals surface area contributed by atoms with E-state index in [-0.39, 0.29) is 6.04 Å². The summed E-state index contributed by atoms with van der Waals surface area (Å²) < 4.78 is 24.4. The number of para-hydroxylation sites is 1. The van der Waals surface area contributed by atoms with Gasteiger partial charge < -0.3 is 4.90 Å². The number of anilines is 1. The Morgan fingerprint density at radius 1 is 1.35 bits per heavy atom. The van der Waals surface area contributed by atoms with Crippen LogP contribution in [0.2, 0.25) is 0 Å². The second-order valence-corrected chi connectivity index (χ2v) is 7.18. The Balaban J connectivity index is 1.92. The molecule has 7 heteroatoms. The van der Waals surface area contributed by atoms with E-state index < -0.39 is 11.0 Å². The van der Waals surface area contributed by atoms with Crippen LogP contribution in [0.15, 0.2) is 24.3 Å². The van der Waals surface area contributed by atoms with Crippen LogP contribution in [0.3, 0.4) is 0 Å². The van der Waals surface area contributed by atoms with Crippen molar-refractivity contribution in [2.75, 3.05) is 24.4 Å².